The molecule has 3 rings (SSSR count). The number of rotatable bonds is 5. The number of aryl methyl sites for hydroxylation is 1. The first-order chi connectivity index (χ1) is 12.1. The maximum atomic E-state index is 12.5. The number of carbonyl (C=O) groups excluding carboxylic acids is 2. The van der Waals surface area contributed by atoms with Gasteiger partial charge < -0.3 is 5.32 Å². The fraction of sp³-hybridized carbons (Fsp3) is 0.167. The van der Waals surface area contributed by atoms with E-state index in [9.17, 15) is 9.59 Å². The number of hydrogen-bond acceptors (Lipinski definition) is 5. The zero-order valence-electron chi connectivity index (χ0n) is 13.5. The molecular formula is C18H16N2O2S3. The molecule has 0 atom stereocenters. The smallest absolute Gasteiger partial charge is 0.266 e. The second-order valence-electron chi connectivity index (χ2n) is 5.34. The van der Waals surface area contributed by atoms with Gasteiger partial charge in [-0.25, -0.2) is 0 Å². The lowest BCUT2D eigenvalue weighted by Crippen LogP contribution is -2.36. The molecule has 0 unspecified atom stereocenters. The lowest BCUT2D eigenvalue weighted by molar-refractivity contribution is -0.126. The Morgan fingerprint density at radius 1 is 1.28 bits per heavy atom. The summed E-state index contributed by atoms with van der Waals surface area (Å²) in [4.78, 5) is 27.8. The minimum atomic E-state index is -0.255. The predicted octanol–water partition coefficient (Wildman–Crippen LogP) is 4.15. The van der Waals surface area contributed by atoms with Crippen LogP contribution in [-0.2, 0) is 16.0 Å². The number of nitrogens with one attached hydrogen (secondary N) is 1. The number of amides is 2. The van der Waals surface area contributed by atoms with E-state index in [2.05, 4.69) is 5.32 Å². The van der Waals surface area contributed by atoms with E-state index in [1.165, 1.54) is 16.7 Å². The Hall–Kier alpha value is -1.96. The summed E-state index contributed by atoms with van der Waals surface area (Å²) in [5.74, 6) is -0.475. The van der Waals surface area contributed by atoms with Gasteiger partial charge >= 0.3 is 0 Å². The highest BCUT2D eigenvalue weighted by Gasteiger charge is 2.33. The lowest BCUT2D eigenvalue weighted by atomic mass is 10.1. The molecule has 0 saturated carbocycles. The molecule has 1 fully saturated rings. The van der Waals surface area contributed by atoms with Gasteiger partial charge in [0.2, 0.25) is 5.91 Å². The van der Waals surface area contributed by atoms with E-state index in [1.54, 1.807) is 11.3 Å². The summed E-state index contributed by atoms with van der Waals surface area (Å²) >= 11 is 8.06. The Bertz CT molecular complexity index is 844. The van der Waals surface area contributed by atoms with Crippen LogP contribution in [0.4, 0.5) is 5.69 Å². The summed E-state index contributed by atoms with van der Waals surface area (Å²) in [6, 6.07) is 11.5. The molecule has 0 bridgehead atoms. The Labute approximate surface area is 159 Å². The Kier molecular flexibility index (Phi) is 5.67. The monoisotopic (exact) mass is 388 g/mol. The molecule has 1 aromatic carbocycles. The van der Waals surface area contributed by atoms with Crippen LogP contribution in [0.1, 0.15) is 17.4 Å². The fourth-order valence-electron chi connectivity index (χ4n) is 2.42. The highest BCUT2D eigenvalue weighted by atomic mass is 32.2. The van der Waals surface area contributed by atoms with Gasteiger partial charge in [0.25, 0.3) is 5.91 Å². The summed E-state index contributed by atoms with van der Waals surface area (Å²) in [6.07, 6.45) is 2.63. The number of thioether (sulfide) groups is 1. The number of carbonyl (C=O) groups is 2. The summed E-state index contributed by atoms with van der Waals surface area (Å²) in [5.41, 5.74) is 1.83. The molecule has 2 heterocycles. The van der Waals surface area contributed by atoms with Crippen LogP contribution in [-0.4, -0.2) is 27.6 Å². The van der Waals surface area contributed by atoms with Crippen molar-refractivity contribution in [1.29, 1.82) is 0 Å². The average molecular weight is 389 g/mol. The van der Waals surface area contributed by atoms with E-state index < -0.39 is 0 Å². The summed E-state index contributed by atoms with van der Waals surface area (Å²) in [7, 11) is 0. The van der Waals surface area contributed by atoms with Gasteiger partial charge in [0, 0.05) is 10.6 Å². The van der Waals surface area contributed by atoms with Crippen molar-refractivity contribution < 1.29 is 9.59 Å². The SMILES string of the molecule is CCc1ccccc1NC(=O)CN1C(=O)C(=Cc2cccs2)SC1=S. The maximum Gasteiger partial charge on any atom is 0.266 e. The van der Waals surface area contributed by atoms with Crippen molar-refractivity contribution in [2.24, 2.45) is 0 Å². The van der Waals surface area contributed by atoms with Crippen LogP contribution in [0, 0.1) is 0 Å². The van der Waals surface area contributed by atoms with Crippen molar-refractivity contribution in [2.45, 2.75) is 13.3 Å². The van der Waals surface area contributed by atoms with Gasteiger partial charge in [-0.2, -0.15) is 0 Å². The molecule has 0 radical (unpaired) electrons. The zero-order chi connectivity index (χ0) is 17.8. The minimum absolute atomic E-state index is 0.0789. The molecule has 128 valence electrons. The summed E-state index contributed by atoms with van der Waals surface area (Å²) in [5, 5.41) is 4.82. The van der Waals surface area contributed by atoms with E-state index in [-0.39, 0.29) is 18.4 Å². The van der Waals surface area contributed by atoms with E-state index in [1.807, 2.05) is 54.8 Å². The van der Waals surface area contributed by atoms with E-state index in [0.29, 0.717) is 9.23 Å². The average Bonchev–Trinajstić information content (AvgIpc) is 3.20. The number of hydrogen-bond donors (Lipinski definition) is 1. The molecule has 7 heteroatoms. The van der Waals surface area contributed by atoms with Gasteiger partial charge in [0.1, 0.15) is 10.9 Å². The number of thiocarbonyl (C=S) groups is 1. The topological polar surface area (TPSA) is 49.4 Å². The maximum absolute atomic E-state index is 12.5. The predicted molar refractivity (Wildman–Crippen MR) is 109 cm³/mol. The van der Waals surface area contributed by atoms with E-state index in [0.717, 1.165) is 22.5 Å². The number of nitrogens with zero attached hydrogens (tertiary/aromatic N) is 1. The van der Waals surface area contributed by atoms with Crippen molar-refractivity contribution in [3.63, 3.8) is 0 Å². The van der Waals surface area contributed by atoms with Crippen molar-refractivity contribution >= 4 is 63.2 Å². The van der Waals surface area contributed by atoms with Crippen LogP contribution in [0.3, 0.4) is 0 Å². The highest BCUT2D eigenvalue weighted by molar-refractivity contribution is 8.26. The van der Waals surface area contributed by atoms with Crippen LogP contribution in [0.2, 0.25) is 0 Å². The first-order valence-electron chi connectivity index (χ1n) is 7.75. The Morgan fingerprint density at radius 3 is 2.80 bits per heavy atom. The van der Waals surface area contributed by atoms with Gasteiger partial charge in [0.15, 0.2) is 0 Å². The molecule has 2 amide bonds. The van der Waals surface area contributed by atoms with Crippen LogP contribution >= 0.6 is 35.3 Å². The van der Waals surface area contributed by atoms with Gasteiger partial charge in [-0.15, -0.1) is 11.3 Å². The molecule has 4 nitrogen and oxygen atoms in total. The Balaban J connectivity index is 1.69. The van der Waals surface area contributed by atoms with Crippen molar-refractivity contribution in [1.82, 2.24) is 4.90 Å². The number of para-hydroxylation sites is 1. The quantitative estimate of drug-likeness (QED) is 0.617. The van der Waals surface area contributed by atoms with Gasteiger partial charge in [-0.3, -0.25) is 14.5 Å². The third kappa shape index (κ3) is 4.18. The van der Waals surface area contributed by atoms with Crippen LogP contribution in [0.5, 0.6) is 0 Å². The number of benzene rings is 1. The molecule has 0 spiro atoms. The number of thiophene rings is 1. The van der Waals surface area contributed by atoms with Crippen LogP contribution in [0.25, 0.3) is 6.08 Å². The standard InChI is InChI=1S/C18H16N2O2S3/c1-2-12-6-3-4-8-14(12)19-16(21)11-20-17(22)15(25-18(20)23)10-13-7-5-9-24-13/h3-10H,2,11H2,1H3,(H,19,21). The molecule has 1 saturated heterocycles. The van der Waals surface area contributed by atoms with E-state index in [4.69, 9.17) is 12.2 Å². The highest BCUT2D eigenvalue weighted by Crippen LogP contribution is 2.33. The molecule has 1 N–H and O–H groups in total. The normalized spacial score (nSPS) is 15.9. The van der Waals surface area contributed by atoms with Gasteiger partial charge in [0.05, 0.1) is 4.91 Å². The van der Waals surface area contributed by atoms with Crippen LogP contribution in [0.15, 0.2) is 46.7 Å². The van der Waals surface area contributed by atoms with Crippen molar-refractivity contribution in [2.75, 3.05) is 11.9 Å². The second kappa shape index (κ2) is 7.95. The number of anilines is 1. The molecule has 1 aromatic heterocycles. The fourth-order valence-corrected chi connectivity index (χ4v) is 4.40. The van der Waals surface area contributed by atoms with Gasteiger partial charge in [-0.1, -0.05) is 55.2 Å². The molecule has 25 heavy (non-hydrogen) atoms. The summed E-state index contributed by atoms with van der Waals surface area (Å²) < 4.78 is 0.409. The third-order valence-electron chi connectivity index (χ3n) is 3.66. The third-order valence-corrected chi connectivity index (χ3v) is 5.86. The largest absolute Gasteiger partial charge is 0.324 e. The summed E-state index contributed by atoms with van der Waals surface area (Å²) in [6.45, 7) is 1.95. The molecular weight excluding hydrogens is 372 g/mol. The van der Waals surface area contributed by atoms with Crippen LogP contribution < -0.4 is 5.32 Å². The Morgan fingerprint density at radius 2 is 2.08 bits per heavy atom. The second-order valence-corrected chi connectivity index (χ2v) is 8.00. The lowest BCUT2D eigenvalue weighted by Gasteiger charge is -2.15. The first kappa shape index (κ1) is 17.8. The molecule has 2 aromatic rings. The minimum Gasteiger partial charge on any atom is -0.324 e. The zero-order valence-corrected chi connectivity index (χ0v) is 16.0. The van der Waals surface area contributed by atoms with Gasteiger partial charge in [-0.05, 0) is 35.6 Å². The molecule has 1 aliphatic heterocycles. The van der Waals surface area contributed by atoms with E-state index >= 15 is 0 Å². The molecule has 1 aliphatic rings. The molecule has 0 aliphatic carbocycles. The van der Waals surface area contributed by atoms with Crippen molar-refractivity contribution in [3.8, 4) is 0 Å². The first-order valence-corrected chi connectivity index (χ1v) is 9.85. The van der Waals surface area contributed by atoms with Crippen molar-refractivity contribution in [3.05, 3.63) is 57.1 Å².